The summed E-state index contributed by atoms with van der Waals surface area (Å²) in [5.74, 6) is 0.914. The van der Waals surface area contributed by atoms with Crippen molar-refractivity contribution < 1.29 is 27.0 Å². The zero-order valence-electron chi connectivity index (χ0n) is 16.8. The summed E-state index contributed by atoms with van der Waals surface area (Å²) in [6.07, 6.45) is -2.21. The highest BCUT2D eigenvalue weighted by molar-refractivity contribution is 14.1. The first-order valence-corrected chi connectivity index (χ1v) is 10.5. The van der Waals surface area contributed by atoms with E-state index in [-0.39, 0.29) is 18.2 Å². The molecule has 0 aliphatic carbocycles. The number of pyridine rings is 1. The molecule has 1 heterocycles. The molecule has 10 heteroatoms. The number of ether oxygens (including phenoxy) is 2. The Morgan fingerprint density at radius 2 is 1.84 bits per heavy atom. The predicted octanol–water partition coefficient (Wildman–Crippen LogP) is 6.27. The summed E-state index contributed by atoms with van der Waals surface area (Å²) >= 11 is 2.11. The van der Waals surface area contributed by atoms with Gasteiger partial charge >= 0.3 is 6.18 Å². The summed E-state index contributed by atoms with van der Waals surface area (Å²) in [5, 5.41) is 4.02. The molecule has 3 aromatic rings. The van der Waals surface area contributed by atoms with E-state index >= 15 is 0 Å². The number of rotatable bonds is 8. The van der Waals surface area contributed by atoms with Gasteiger partial charge in [-0.1, -0.05) is 12.1 Å². The van der Waals surface area contributed by atoms with Crippen LogP contribution in [-0.2, 0) is 12.8 Å². The molecule has 0 aliphatic rings. The minimum absolute atomic E-state index is 0.174. The predicted molar refractivity (Wildman–Crippen MR) is 122 cm³/mol. The van der Waals surface area contributed by atoms with Gasteiger partial charge in [0.2, 0.25) is 0 Å². The third-order valence-corrected chi connectivity index (χ3v) is 4.91. The van der Waals surface area contributed by atoms with Gasteiger partial charge in [0.25, 0.3) is 0 Å². The maximum atomic E-state index is 13.1. The Labute approximate surface area is 195 Å². The molecule has 0 aliphatic heterocycles. The van der Waals surface area contributed by atoms with Crippen LogP contribution in [0.1, 0.15) is 23.6 Å². The van der Waals surface area contributed by atoms with Crippen molar-refractivity contribution in [3.05, 3.63) is 80.8 Å². The molecule has 0 bridgehead atoms. The van der Waals surface area contributed by atoms with Crippen molar-refractivity contribution in [3.63, 3.8) is 0 Å². The maximum Gasteiger partial charge on any atom is 0.417 e. The van der Waals surface area contributed by atoms with Gasteiger partial charge in [0.05, 0.1) is 22.0 Å². The van der Waals surface area contributed by atoms with Crippen LogP contribution in [0.25, 0.3) is 0 Å². The first-order chi connectivity index (χ1) is 15.3. The Morgan fingerprint density at radius 3 is 2.47 bits per heavy atom. The summed E-state index contributed by atoms with van der Waals surface area (Å²) in [4.78, 5) is 3.70. The normalized spacial score (nSPS) is 11.6. The molecular formula is C22H18F4IN3O2. The number of alkyl halides is 3. The van der Waals surface area contributed by atoms with Gasteiger partial charge in [-0.15, -0.1) is 0 Å². The molecule has 5 nitrogen and oxygen atoms in total. The Balaban J connectivity index is 1.71. The highest BCUT2D eigenvalue weighted by Gasteiger charge is 2.30. The van der Waals surface area contributed by atoms with Gasteiger partial charge in [-0.05, 0) is 77.0 Å². The molecule has 0 spiro atoms. The molecule has 0 radical (unpaired) electrons. The smallest absolute Gasteiger partial charge is 0.417 e. The van der Waals surface area contributed by atoms with Crippen molar-refractivity contribution in [3.8, 4) is 11.5 Å². The summed E-state index contributed by atoms with van der Waals surface area (Å²) in [6, 6.07) is 11.7. The molecule has 1 aromatic heterocycles. The van der Waals surface area contributed by atoms with E-state index in [1.165, 1.54) is 24.4 Å². The Hall–Kier alpha value is -2.89. The number of nitrogens with one attached hydrogen (secondary N) is 1. The van der Waals surface area contributed by atoms with Gasteiger partial charge in [0.15, 0.2) is 11.5 Å². The molecule has 0 saturated heterocycles. The molecular weight excluding hydrogens is 541 g/mol. The van der Waals surface area contributed by atoms with Gasteiger partial charge < -0.3 is 9.47 Å². The highest BCUT2D eigenvalue weighted by Crippen LogP contribution is 2.34. The lowest BCUT2D eigenvalue weighted by Crippen LogP contribution is -2.05. The van der Waals surface area contributed by atoms with E-state index < -0.39 is 11.7 Å². The quantitative estimate of drug-likeness (QED) is 0.153. The van der Waals surface area contributed by atoms with E-state index in [9.17, 15) is 17.6 Å². The third kappa shape index (κ3) is 6.55. The van der Waals surface area contributed by atoms with Crippen LogP contribution >= 0.6 is 22.6 Å². The average Bonchev–Trinajstić information content (AvgIpc) is 2.74. The Morgan fingerprint density at radius 1 is 1.09 bits per heavy atom. The topological polar surface area (TPSA) is 55.7 Å². The first kappa shape index (κ1) is 23.8. The summed E-state index contributed by atoms with van der Waals surface area (Å²) < 4.78 is 63.2. The van der Waals surface area contributed by atoms with E-state index in [2.05, 4.69) is 38.1 Å². The van der Waals surface area contributed by atoms with Gasteiger partial charge in [0, 0.05) is 6.20 Å². The van der Waals surface area contributed by atoms with Crippen LogP contribution in [0.3, 0.4) is 0 Å². The molecule has 0 fully saturated rings. The monoisotopic (exact) mass is 559 g/mol. The molecule has 32 heavy (non-hydrogen) atoms. The van der Waals surface area contributed by atoms with E-state index in [1.807, 2.05) is 13.0 Å². The summed E-state index contributed by atoms with van der Waals surface area (Å²) in [6.45, 7) is 2.50. The lowest BCUT2D eigenvalue weighted by Gasteiger charge is -2.14. The SMILES string of the molecule is CCOc1cc(/C=N\Nc2ccc(C(F)(F)F)cn2)cc(I)c1OCc1ccc(F)cc1. The minimum atomic E-state index is -4.44. The van der Waals surface area contributed by atoms with Gasteiger partial charge in [-0.25, -0.2) is 9.37 Å². The maximum absolute atomic E-state index is 13.1. The Kier molecular flexibility index (Phi) is 7.89. The zero-order valence-corrected chi connectivity index (χ0v) is 18.9. The second-order valence-electron chi connectivity index (χ2n) is 6.48. The molecule has 0 unspecified atom stereocenters. The number of hydrogen-bond donors (Lipinski definition) is 1. The second kappa shape index (κ2) is 10.6. The van der Waals surface area contributed by atoms with Gasteiger partial charge in [-0.2, -0.15) is 18.3 Å². The molecule has 0 saturated carbocycles. The molecule has 0 amide bonds. The number of benzene rings is 2. The minimum Gasteiger partial charge on any atom is -0.490 e. The lowest BCUT2D eigenvalue weighted by molar-refractivity contribution is -0.137. The van der Waals surface area contributed by atoms with Crippen LogP contribution in [0.15, 0.2) is 59.8 Å². The van der Waals surface area contributed by atoms with Crippen molar-refractivity contribution in [1.29, 1.82) is 0 Å². The van der Waals surface area contributed by atoms with Crippen molar-refractivity contribution in [2.75, 3.05) is 12.0 Å². The summed E-state index contributed by atoms with van der Waals surface area (Å²) in [5.41, 5.74) is 3.26. The number of aromatic nitrogens is 1. The van der Waals surface area contributed by atoms with E-state index in [0.29, 0.717) is 23.7 Å². The fourth-order valence-corrected chi connectivity index (χ4v) is 3.38. The largest absolute Gasteiger partial charge is 0.490 e. The number of anilines is 1. The van der Waals surface area contributed by atoms with Crippen LogP contribution in [0.4, 0.5) is 23.4 Å². The van der Waals surface area contributed by atoms with E-state index in [4.69, 9.17) is 9.47 Å². The standard InChI is InChI=1S/C22H18F4IN3O2/c1-2-31-19-10-15(11-29-30-20-8-5-16(12-28-20)22(24,25)26)9-18(27)21(19)32-13-14-3-6-17(23)7-4-14/h3-12H,2,13H2,1H3,(H,28,30)/b29-11-. The molecule has 1 N–H and O–H groups in total. The van der Waals surface area contributed by atoms with Crippen molar-refractivity contribution in [2.45, 2.75) is 19.7 Å². The number of halogens is 5. The molecule has 3 rings (SSSR count). The van der Waals surface area contributed by atoms with Crippen LogP contribution in [0, 0.1) is 9.39 Å². The van der Waals surface area contributed by atoms with Gasteiger partial charge in [0.1, 0.15) is 18.2 Å². The molecule has 2 aromatic carbocycles. The second-order valence-corrected chi connectivity index (χ2v) is 7.64. The van der Waals surface area contributed by atoms with Crippen LogP contribution in [-0.4, -0.2) is 17.8 Å². The molecule has 0 atom stereocenters. The van der Waals surface area contributed by atoms with Crippen LogP contribution in [0.5, 0.6) is 11.5 Å². The van der Waals surface area contributed by atoms with E-state index in [0.717, 1.165) is 21.4 Å². The van der Waals surface area contributed by atoms with Crippen molar-refractivity contribution >= 4 is 34.6 Å². The molecule has 168 valence electrons. The fraction of sp³-hybridized carbons (Fsp3) is 0.182. The highest BCUT2D eigenvalue weighted by atomic mass is 127. The number of hydrogen-bond acceptors (Lipinski definition) is 5. The third-order valence-electron chi connectivity index (χ3n) is 4.11. The van der Waals surface area contributed by atoms with Gasteiger partial charge in [-0.3, -0.25) is 5.43 Å². The zero-order chi connectivity index (χ0) is 23.1. The Bertz CT molecular complexity index is 1070. The van der Waals surface area contributed by atoms with E-state index in [1.54, 1.807) is 18.2 Å². The van der Waals surface area contributed by atoms with Crippen molar-refractivity contribution in [1.82, 2.24) is 4.98 Å². The number of hydrazone groups is 1. The average molecular weight is 559 g/mol. The lowest BCUT2D eigenvalue weighted by atomic mass is 10.2. The fourth-order valence-electron chi connectivity index (χ4n) is 2.60. The van der Waals surface area contributed by atoms with Crippen molar-refractivity contribution in [2.24, 2.45) is 5.10 Å². The number of nitrogens with zero attached hydrogens (tertiary/aromatic N) is 2. The summed E-state index contributed by atoms with van der Waals surface area (Å²) in [7, 11) is 0. The first-order valence-electron chi connectivity index (χ1n) is 9.42. The van der Waals surface area contributed by atoms with Crippen LogP contribution < -0.4 is 14.9 Å². The van der Waals surface area contributed by atoms with Crippen LogP contribution in [0.2, 0.25) is 0 Å².